The average Bonchev–Trinajstić information content (AvgIpc) is 3.15. The summed E-state index contributed by atoms with van der Waals surface area (Å²) in [6.07, 6.45) is 44.7. The van der Waals surface area contributed by atoms with Gasteiger partial charge in [-0.25, -0.2) is 0 Å². The van der Waals surface area contributed by atoms with E-state index in [9.17, 15) is 14.4 Å². The predicted octanol–water partition coefficient (Wildman–Crippen LogP) is 14.6. The maximum absolute atomic E-state index is 12.7. The monoisotopic (exact) mass is 749 g/mol. The summed E-state index contributed by atoms with van der Waals surface area (Å²) in [5.41, 5.74) is 0. The minimum Gasteiger partial charge on any atom is -0.462 e. The summed E-state index contributed by atoms with van der Waals surface area (Å²) >= 11 is 0. The van der Waals surface area contributed by atoms with Crippen LogP contribution in [0.15, 0.2) is 12.2 Å². The number of carbonyl (C=O) groups excluding carboxylic acids is 3. The van der Waals surface area contributed by atoms with Crippen LogP contribution in [0, 0.1) is 0 Å². The molecule has 312 valence electrons. The Bertz CT molecular complexity index is 824. The van der Waals surface area contributed by atoms with Gasteiger partial charge in [0.15, 0.2) is 6.10 Å². The maximum atomic E-state index is 12.7. The van der Waals surface area contributed by atoms with E-state index in [0.29, 0.717) is 19.3 Å². The summed E-state index contributed by atoms with van der Waals surface area (Å²) in [7, 11) is 0. The molecule has 0 aliphatic rings. The van der Waals surface area contributed by atoms with Crippen LogP contribution < -0.4 is 0 Å². The van der Waals surface area contributed by atoms with Gasteiger partial charge in [-0.3, -0.25) is 14.4 Å². The molecule has 0 aromatic heterocycles. The van der Waals surface area contributed by atoms with Crippen LogP contribution in [0.5, 0.6) is 0 Å². The Balaban J connectivity index is 4.35. The number of carbonyl (C=O) groups is 3. The average molecular weight is 749 g/mol. The van der Waals surface area contributed by atoms with E-state index in [1.54, 1.807) is 0 Å². The van der Waals surface area contributed by atoms with E-state index in [1.165, 1.54) is 148 Å². The van der Waals surface area contributed by atoms with Crippen molar-refractivity contribution < 1.29 is 28.6 Å². The smallest absolute Gasteiger partial charge is 0.306 e. The first-order chi connectivity index (χ1) is 26.0. The van der Waals surface area contributed by atoms with Crippen LogP contribution in [0.25, 0.3) is 0 Å². The first kappa shape index (κ1) is 51.1. The fourth-order valence-electron chi connectivity index (χ4n) is 6.73. The second-order valence-electron chi connectivity index (χ2n) is 15.7. The minimum absolute atomic E-state index is 0.0681. The lowest BCUT2D eigenvalue weighted by molar-refractivity contribution is -0.167. The van der Waals surface area contributed by atoms with Gasteiger partial charge in [0.05, 0.1) is 0 Å². The largest absolute Gasteiger partial charge is 0.462 e. The Morgan fingerprint density at radius 1 is 0.358 bits per heavy atom. The van der Waals surface area contributed by atoms with Crippen molar-refractivity contribution >= 4 is 17.9 Å². The van der Waals surface area contributed by atoms with E-state index >= 15 is 0 Å². The molecule has 0 aromatic carbocycles. The zero-order chi connectivity index (χ0) is 38.7. The van der Waals surface area contributed by atoms with Gasteiger partial charge >= 0.3 is 17.9 Å². The van der Waals surface area contributed by atoms with Gasteiger partial charge < -0.3 is 14.2 Å². The molecule has 0 fully saturated rings. The normalized spacial score (nSPS) is 12.0. The van der Waals surface area contributed by atoms with Gasteiger partial charge in [0.1, 0.15) is 13.2 Å². The molecule has 0 saturated carbocycles. The van der Waals surface area contributed by atoms with Crippen LogP contribution in [0.3, 0.4) is 0 Å². The third-order valence-corrected chi connectivity index (χ3v) is 10.3. The quantitative estimate of drug-likeness (QED) is 0.0268. The second-order valence-corrected chi connectivity index (χ2v) is 15.7. The van der Waals surface area contributed by atoms with E-state index < -0.39 is 6.10 Å². The van der Waals surface area contributed by atoms with Gasteiger partial charge in [0.2, 0.25) is 0 Å². The molecule has 0 rings (SSSR count). The Hall–Kier alpha value is -1.85. The molecule has 1 atom stereocenters. The number of esters is 3. The lowest BCUT2D eigenvalue weighted by atomic mass is 10.0. The van der Waals surface area contributed by atoms with Crippen LogP contribution in [0.1, 0.15) is 252 Å². The highest BCUT2D eigenvalue weighted by atomic mass is 16.6. The third kappa shape index (κ3) is 41.2. The fraction of sp³-hybridized carbons (Fsp3) is 0.894. The van der Waals surface area contributed by atoms with Gasteiger partial charge in [-0.15, -0.1) is 0 Å². The highest BCUT2D eigenvalue weighted by molar-refractivity contribution is 5.71. The van der Waals surface area contributed by atoms with Crippen LogP contribution in [0.2, 0.25) is 0 Å². The predicted molar refractivity (Wildman–Crippen MR) is 224 cm³/mol. The van der Waals surface area contributed by atoms with Crippen LogP contribution in [0.4, 0.5) is 0 Å². The maximum Gasteiger partial charge on any atom is 0.306 e. The zero-order valence-corrected chi connectivity index (χ0v) is 35.6. The molecular formula is C47H88O6. The van der Waals surface area contributed by atoms with E-state index in [1.807, 2.05) is 0 Å². The van der Waals surface area contributed by atoms with E-state index in [4.69, 9.17) is 14.2 Å². The molecule has 0 aliphatic heterocycles. The number of rotatable bonds is 42. The van der Waals surface area contributed by atoms with Crippen LogP contribution in [-0.2, 0) is 28.6 Å². The summed E-state index contributed by atoms with van der Waals surface area (Å²) in [4.78, 5) is 37.7. The van der Waals surface area contributed by atoms with Gasteiger partial charge in [0, 0.05) is 19.3 Å². The molecule has 0 bridgehead atoms. The molecule has 0 unspecified atom stereocenters. The standard InChI is InChI=1S/C47H88O6/c1-4-7-10-13-16-19-22-25-28-31-34-37-40-46(49)52-43-44(42-51-45(48)39-36-33-30-27-24-21-18-15-12-9-6-3)53-47(50)41-38-35-32-29-26-23-20-17-14-11-8-5-2/h16,19,44H,4-15,17-18,20-43H2,1-3H3/b19-16-/t44-/m1/s1. The lowest BCUT2D eigenvalue weighted by Crippen LogP contribution is -2.30. The molecule has 6 nitrogen and oxygen atoms in total. The van der Waals surface area contributed by atoms with Crippen LogP contribution in [-0.4, -0.2) is 37.2 Å². The van der Waals surface area contributed by atoms with E-state index in [0.717, 1.165) is 64.2 Å². The summed E-state index contributed by atoms with van der Waals surface area (Å²) < 4.78 is 16.7. The molecule has 0 radical (unpaired) electrons. The van der Waals surface area contributed by atoms with E-state index in [2.05, 4.69) is 32.9 Å². The number of hydrogen-bond donors (Lipinski definition) is 0. The van der Waals surface area contributed by atoms with Gasteiger partial charge in [0.25, 0.3) is 0 Å². The van der Waals surface area contributed by atoms with Crippen molar-refractivity contribution in [3.8, 4) is 0 Å². The van der Waals surface area contributed by atoms with Crippen molar-refractivity contribution in [2.24, 2.45) is 0 Å². The van der Waals surface area contributed by atoms with Crippen molar-refractivity contribution in [3.05, 3.63) is 12.2 Å². The molecule has 0 aromatic rings. The van der Waals surface area contributed by atoms with Gasteiger partial charge in [-0.05, 0) is 44.9 Å². The molecule has 53 heavy (non-hydrogen) atoms. The van der Waals surface area contributed by atoms with E-state index in [-0.39, 0.29) is 31.1 Å². The fourth-order valence-corrected chi connectivity index (χ4v) is 6.73. The highest BCUT2D eigenvalue weighted by Crippen LogP contribution is 2.15. The van der Waals surface area contributed by atoms with Crippen molar-refractivity contribution in [1.29, 1.82) is 0 Å². The van der Waals surface area contributed by atoms with Crippen molar-refractivity contribution in [2.75, 3.05) is 13.2 Å². The third-order valence-electron chi connectivity index (χ3n) is 10.3. The molecule has 6 heteroatoms. The SMILES string of the molecule is CCCCC/C=C\CCCCCCCC(=O)OC[C@@H](COC(=O)CCCCCCCCCCCCC)OC(=O)CCCCCCCCCCCCCC. The molecule has 0 spiro atoms. The second kappa shape index (κ2) is 42.9. The zero-order valence-electron chi connectivity index (χ0n) is 35.6. The first-order valence-corrected chi connectivity index (χ1v) is 23.2. The summed E-state index contributed by atoms with van der Waals surface area (Å²) in [6.45, 7) is 6.61. The van der Waals surface area contributed by atoms with Gasteiger partial charge in [-0.1, -0.05) is 200 Å². The summed E-state index contributed by atoms with van der Waals surface area (Å²) in [6, 6.07) is 0. The molecule has 0 saturated heterocycles. The lowest BCUT2D eigenvalue weighted by Gasteiger charge is -2.18. The number of unbranched alkanes of at least 4 members (excludes halogenated alkanes) is 29. The molecule has 0 N–H and O–H groups in total. The number of hydrogen-bond acceptors (Lipinski definition) is 6. The Morgan fingerprint density at radius 3 is 0.981 bits per heavy atom. The molecule has 0 heterocycles. The highest BCUT2D eigenvalue weighted by Gasteiger charge is 2.19. The molecular weight excluding hydrogens is 661 g/mol. The first-order valence-electron chi connectivity index (χ1n) is 23.2. The Kier molecular flexibility index (Phi) is 41.4. The summed E-state index contributed by atoms with van der Waals surface area (Å²) in [5, 5.41) is 0. The Labute approximate surface area is 329 Å². The summed E-state index contributed by atoms with van der Waals surface area (Å²) in [5.74, 6) is -0.870. The van der Waals surface area contributed by atoms with Crippen molar-refractivity contribution in [1.82, 2.24) is 0 Å². The van der Waals surface area contributed by atoms with Crippen molar-refractivity contribution in [2.45, 2.75) is 258 Å². The number of allylic oxidation sites excluding steroid dienone is 2. The van der Waals surface area contributed by atoms with Crippen molar-refractivity contribution in [3.63, 3.8) is 0 Å². The molecule has 0 aliphatic carbocycles. The minimum atomic E-state index is -0.764. The Morgan fingerprint density at radius 2 is 0.623 bits per heavy atom. The number of ether oxygens (including phenoxy) is 3. The van der Waals surface area contributed by atoms with Gasteiger partial charge in [-0.2, -0.15) is 0 Å². The molecule has 0 amide bonds. The van der Waals surface area contributed by atoms with Crippen LogP contribution >= 0.6 is 0 Å². The topological polar surface area (TPSA) is 78.9 Å².